The number of rotatable bonds is 2. The van der Waals surface area contributed by atoms with E-state index in [9.17, 15) is 14.0 Å². The van der Waals surface area contributed by atoms with Crippen molar-refractivity contribution >= 4 is 23.5 Å². The maximum absolute atomic E-state index is 13.9. The molecule has 19 heavy (non-hydrogen) atoms. The lowest BCUT2D eigenvalue weighted by molar-refractivity contribution is -0.150. The summed E-state index contributed by atoms with van der Waals surface area (Å²) in [6.45, 7) is 6.26. The van der Waals surface area contributed by atoms with Crippen LogP contribution in [-0.2, 0) is 14.3 Å². The topological polar surface area (TPSA) is 63.6 Å². The molecule has 1 rings (SSSR count). The minimum Gasteiger partial charge on any atom is -0.481 e. The minimum atomic E-state index is -1.54. The van der Waals surface area contributed by atoms with Crippen molar-refractivity contribution in [3.05, 3.63) is 22.5 Å². The van der Waals surface area contributed by atoms with Gasteiger partial charge >= 0.3 is 11.9 Å². The van der Waals surface area contributed by atoms with Gasteiger partial charge in [-0.05, 0) is 33.8 Å². The largest absolute Gasteiger partial charge is 0.481 e. The van der Waals surface area contributed by atoms with Crippen LogP contribution in [-0.4, -0.2) is 22.6 Å². The molecule has 4 nitrogen and oxygen atoms in total. The molecular formula is C13H16ClFO4. The van der Waals surface area contributed by atoms with E-state index in [1.807, 2.05) is 0 Å². The van der Waals surface area contributed by atoms with Crippen LogP contribution in [0.4, 0.5) is 4.39 Å². The number of halogens is 2. The van der Waals surface area contributed by atoms with Gasteiger partial charge in [0, 0.05) is 11.5 Å². The van der Waals surface area contributed by atoms with Crippen LogP contribution in [0.25, 0.3) is 0 Å². The van der Waals surface area contributed by atoms with Gasteiger partial charge in [-0.3, -0.25) is 4.79 Å². The number of carboxylic acid groups (broad SMARTS) is 1. The Bertz CT molecular complexity index is 487. The van der Waals surface area contributed by atoms with Gasteiger partial charge in [0.05, 0.1) is 5.57 Å². The lowest BCUT2D eigenvalue weighted by Crippen LogP contribution is -2.32. The molecule has 1 aliphatic carbocycles. The average Bonchev–Trinajstić information content (AvgIpc) is 2.20. The van der Waals surface area contributed by atoms with Crippen LogP contribution in [0.15, 0.2) is 22.5 Å². The van der Waals surface area contributed by atoms with E-state index in [-0.39, 0.29) is 10.6 Å². The van der Waals surface area contributed by atoms with Crippen LogP contribution in [0.2, 0.25) is 0 Å². The Morgan fingerprint density at radius 3 is 2.42 bits per heavy atom. The fourth-order valence-electron chi connectivity index (χ4n) is 1.53. The highest BCUT2D eigenvalue weighted by Crippen LogP contribution is 2.43. The monoisotopic (exact) mass is 290 g/mol. The third-order valence-corrected chi connectivity index (χ3v) is 3.22. The second-order valence-electron chi connectivity index (χ2n) is 5.63. The Balaban J connectivity index is 3.08. The van der Waals surface area contributed by atoms with E-state index in [0.29, 0.717) is 0 Å². The maximum atomic E-state index is 13.9. The Kier molecular flexibility index (Phi) is 4.10. The highest BCUT2D eigenvalue weighted by Gasteiger charge is 2.42. The van der Waals surface area contributed by atoms with Crippen LogP contribution < -0.4 is 0 Å². The zero-order valence-electron chi connectivity index (χ0n) is 11.2. The number of allylic oxidation sites excluding steroid dienone is 1. The van der Waals surface area contributed by atoms with Crippen molar-refractivity contribution < 1.29 is 23.8 Å². The molecule has 106 valence electrons. The SMILES string of the molecule is CC(C)(C)OC(=O)C1=C(F)CC(C)(C(=O)O)C(Cl)=C1. The van der Waals surface area contributed by atoms with Crippen LogP contribution in [0.3, 0.4) is 0 Å². The zero-order valence-corrected chi connectivity index (χ0v) is 12.0. The average molecular weight is 291 g/mol. The molecular weight excluding hydrogens is 275 g/mol. The van der Waals surface area contributed by atoms with Gasteiger partial charge in [-0.15, -0.1) is 0 Å². The minimum absolute atomic E-state index is 0.0951. The standard InChI is InChI=1S/C13H16ClFO4/c1-12(2,3)19-10(16)7-5-9(14)13(4,11(17)18)6-8(7)15/h5H,6H2,1-4H3,(H,17,18). The van der Waals surface area contributed by atoms with E-state index in [1.54, 1.807) is 20.8 Å². The second kappa shape index (κ2) is 4.96. The molecule has 0 heterocycles. The molecule has 0 aromatic heterocycles. The normalized spacial score (nSPS) is 24.0. The van der Waals surface area contributed by atoms with E-state index in [4.69, 9.17) is 21.4 Å². The van der Waals surface area contributed by atoms with Gasteiger partial charge in [-0.1, -0.05) is 11.6 Å². The molecule has 0 bridgehead atoms. The summed E-state index contributed by atoms with van der Waals surface area (Å²) in [6.07, 6.45) is 0.564. The molecule has 6 heteroatoms. The van der Waals surface area contributed by atoms with Gasteiger partial charge < -0.3 is 9.84 Å². The number of carbonyl (C=O) groups excluding carboxylic acids is 1. The molecule has 0 aromatic carbocycles. The maximum Gasteiger partial charge on any atom is 0.341 e. The lowest BCUT2D eigenvalue weighted by atomic mass is 9.81. The highest BCUT2D eigenvalue weighted by atomic mass is 35.5. The molecule has 0 radical (unpaired) electrons. The zero-order chi connectivity index (χ0) is 15.0. The van der Waals surface area contributed by atoms with Crippen molar-refractivity contribution in [2.75, 3.05) is 0 Å². The molecule has 1 N–H and O–H groups in total. The predicted octanol–water partition coefficient (Wildman–Crippen LogP) is 3.17. The number of aliphatic carboxylic acids is 1. The molecule has 1 atom stereocenters. The van der Waals surface area contributed by atoms with Crippen LogP contribution in [0.1, 0.15) is 34.1 Å². The fourth-order valence-corrected chi connectivity index (χ4v) is 1.79. The summed E-state index contributed by atoms with van der Waals surface area (Å²) in [5, 5.41) is 8.97. The Morgan fingerprint density at radius 1 is 1.47 bits per heavy atom. The molecule has 0 aromatic rings. The van der Waals surface area contributed by atoms with Crippen molar-refractivity contribution in [3.63, 3.8) is 0 Å². The van der Waals surface area contributed by atoms with Crippen LogP contribution in [0.5, 0.6) is 0 Å². The first-order valence-corrected chi connectivity index (χ1v) is 6.08. The van der Waals surface area contributed by atoms with Gasteiger partial charge in [0.15, 0.2) is 0 Å². The van der Waals surface area contributed by atoms with E-state index in [0.717, 1.165) is 6.08 Å². The lowest BCUT2D eigenvalue weighted by Gasteiger charge is -2.28. The summed E-state index contributed by atoms with van der Waals surface area (Å²) < 4.78 is 19.0. The van der Waals surface area contributed by atoms with Gasteiger partial charge in [-0.25, -0.2) is 9.18 Å². The fraction of sp³-hybridized carbons (Fsp3) is 0.538. The Labute approximate surface area is 115 Å². The van der Waals surface area contributed by atoms with Crippen molar-refractivity contribution in [2.45, 2.75) is 39.7 Å². The molecule has 0 saturated carbocycles. The van der Waals surface area contributed by atoms with Gasteiger partial charge in [-0.2, -0.15) is 0 Å². The van der Waals surface area contributed by atoms with Crippen molar-refractivity contribution in [3.8, 4) is 0 Å². The first kappa shape index (κ1) is 15.7. The summed E-state index contributed by atoms with van der Waals surface area (Å²) in [4.78, 5) is 22.9. The molecule has 0 saturated heterocycles. The summed E-state index contributed by atoms with van der Waals surface area (Å²) in [6, 6.07) is 0. The number of esters is 1. The van der Waals surface area contributed by atoms with Crippen LogP contribution in [0, 0.1) is 5.41 Å². The van der Waals surface area contributed by atoms with E-state index < -0.39 is 35.2 Å². The number of hydrogen-bond donors (Lipinski definition) is 1. The smallest absolute Gasteiger partial charge is 0.341 e. The molecule has 1 aliphatic rings. The van der Waals surface area contributed by atoms with Gasteiger partial charge in [0.2, 0.25) is 0 Å². The molecule has 0 aliphatic heterocycles. The van der Waals surface area contributed by atoms with Crippen molar-refractivity contribution in [1.29, 1.82) is 0 Å². The van der Waals surface area contributed by atoms with Crippen molar-refractivity contribution in [1.82, 2.24) is 0 Å². The molecule has 0 spiro atoms. The van der Waals surface area contributed by atoms with E-state index in [1.165, 1.54) is 6.92 Å². The first-order chi connectivity index (χ1) is 8.47. The first-order valence-electron chi connectivity index (χ1n) is 5.70. The number of ether oxygens (including phenoxy) is 1. The second-order valence-corrected chi connectivity index (χ2v) is 6.03. The summed E-state index contributed by atoms with van der Waals surface area (Å²) in [5.41, 5.74) is -2.63. The van der Waals surface area contributed by atoms with Crippen LogP contribution >= 0.6 is 11.6 Å². The predicted molar refractivity (Wildman–Crippen MR) is 68.3 cm³/mol. The number of hydrogen-bond acceptors (Lipinski definition) is 3. The van der Waals surface area contributed by atoms with E-state index in [2.05, 4.69) is 0 Å². The molecule has 0 amide bonds. The van der Waals surface area contributed by atoms with Crippen molar-refractivity contribution in [2.24, 2.45) is 5.41 Å². The van der Waals surface area contributed by atoms with Gasteiger partial charge in [0.1, 0.15) is 16.8 Å². The Hall–Kier alpha value is -1.36. The summed E-state index contributed by atoms with van der Waals surface area (Å²) in [5.74, 6) is -2.92. The number of carboxylic acids is 1. The highest BCUT2D eigenvalue weighted by molar-refractivity contribution is 6.32. The molecule has 0 fully saturated rings. The van der Waals surface area contributed by atoms with Gasteiger partial charge in [0.25, 0.3) is 0 Å². The van der Waals surface area contributed by atoms with E-state index >= 15 is 0 Å². The third-order valence-electron chi connectivity index (χ3n) is 2.69. The third kappa shape index (κ3) is 3.35. The number of carbonyl (C=O) groups is 2. The molecule has 1 unspecified atom stereocenters. The Morgan fingerprint density at radius 2 is 2.00 bits per heavy atom. The summed E-state index contributed by atoms with van der Waals surface area (Å²) in [7, 11) is 0. The quantitative estimate of drug-likeness (QED) is 0.793. The summed E-state index contributed by atoms with van der Waals surface area (Å²) >= 11 is 5.87.